The van der Waals surface area contributed by atoms with E-state index in [2.05, 4.69) is 12.2 Å². The van der Waals surface area contributed by atoms with Crippen molar-refractivity contribution < 1.29 is 9.90 Å². The van der Waals surface area contributed by atoms with Crippen LogP contribution in [0.3, 0.4) is 0 Å². The molecule has 0 aliphatic carbocycles. The van der Waals surface area contributed by atoms with Gasteiger partial charge in [-0.1, -0.05) is 25.8 Å². The molecule has 0 heterocycles. The number of carboxylic acids is 1. The largest absolute Gasteiger partial charge is 0.478 e. The highest BCUT2D eigenvalue weighted by Gasteiger charge is 2.05. The minimum Gasteiger partial charge on any atom is -0.478 e. The number of carbonyl (C=O) groups is 1. The molecule has 0 aliphatic rings. The van der Waals surface area contributed by atoms with Crippen molar-refractivity contribution in [2.45, 2.75) is 39.2 Å². The Hall–Kier alpha value is -0.540. The van der Waals surface area contributed by atoms with E-state index in [4.69, 9.17) is 5.11 Å². The molecule has 0 aromatic carbocycles. The van der Waals surface area contributed by atoms with E-state index in [9.17, 15) is 4.79 Å². The van der Waals surface area contributed by atoms with Gasteiger partial charge < -0.3 is 10.4 Å². The zero-order valence-corrected chi connectivity index (χ0v) is 9.86. The van der Waals surface area contributed by atoms with Crippen molar-refractivity contribution in [3.05, 3.63) is 11.6 Å². The molecular weight excluding hydrogens is 202 g/mol. The van der Waals surface area contributed by atoms with Gasteiger partial charge in [-0.05, 0) is 20.4 Å². The van der Waals surface area contributed by atoms with Crippen molar-refractivity contribution in [2.75, 3.05) is 7.05 Å². The van der Waals surface area contributed by atoms with E-state index >= 15 is 0 Å². The van der Waals surface area contributed by atoms with Crippen molar-refractivity contribution in [1.29, 1.82) is 0 Å². The first-order valence-corrected chi connectivity index (χ1v) is 4.70. The first-order valence-electron chi connectivity index (χ1n) is 4.70. The summed E-state index contributed by atoms with van der Waals surface area (Å²) in [7, 11) is 1.85. The van der Waals surface area contributed by atoms with E-state index in [1.165, 1.54) is 0 Å². The van der Waals surface area contributed by atoms with Gasteiger partial charge in [0.15, 0.2) is 0 Å². The molecule has 1 atom stereocenters. The SMILES string of the molecule is CCCC[C@@H](C=C(C)C(=O)O)NC.Cl. The van der Waals surface area contributed by atoms with Gasteiger partial charge in [-0.25, -0.2) is 4.79 Å². The number of nitrogens with one attached hydrogen (secondary N) is 1. The third kappa shape index (κ3) is 6.92. The van der Waals surface area contributed by atoms with Crippen LogP contribution in [0.5, 0.6) is 0 Å². The fraction of sp³-hybridized carbons (Fsp3) is 0.700. The smallest absolute Gasteiger partial charge is 0.331 e. The molecule has 0 unspecified atom stereocenters. The quantitative estimate of drug-likeness (QED) is 0.677. The summed E-state index contributed by atoms with van der Waals surface area (Å²) in [6.45, 7) is 3.75. The highest BCUT2D eigenvalue weighted by atomic mass is 35.5. The lowest BCUT2D eigenvalue weighted by Crippen LogP contribution is -2.23. The molecule has 0 bridgehead atoms. The van der Waals surface area contributed by atoms with E-state index in [0.29, 0.717) is 5.57 Å². The van der Waals surface area contributed by atoms with Gasteiger partial charge in [0.25, 0.3) is 0 Å². The zero-order valence-electron chi connectivity index (χ0n) is 9.04. The molecule has 0 saturated carbocycles. The summed E-state index contributed by atoms with van der Waals surface area (Å²) in [6, 6.07) is 0.191. The second kappa shape index (κ2) is 9.03. The van der Waals surface area contributed by atoms with Crippen molar-refractivity contribution in [2.24, 2.45) is 0 Å². The molecule has 0 aromatic rings. The Morgan fingerprint density at radius 2 is 2.14 bits per heavy atom. The summed E-state index contributed by atoms with van der Waals surface area (Å²) in [4.78, 5) is 10.5. The number of carboxylic acid groups (broad SMARTS) is 1. The van der Waals surface area contributed by atoms with Crippen LogP contribution in [0.4, 0.5) is 0 Å². The lowest BCUT2D eigenvalue weighted by molar-refractivity contribution is -0.132. The van der Waals surface area contributed by atoms with Gasteiger partial charge in [0, 0.05) is 11.6 Å². The molecule has 0 rings (SSSR count). The molecule has 0 fully saturated rings. The zero-order chi connectivity index (χ0) is 10.3. The van der Waals surface area contributed by atoms with Crippen LogP contribution < -0.4 is 5.32 Å². The Morgan fingerprint density at radius 1 is 1.57 bits per heavy atom. The lowest BCUT2D eigenvalue weighted by Gasteiger charge is -2.11. The van der Waals surface area contributed by atoms with Crippen molar-refractivity contribution in [3.8, 4) is 0 Å². The summed E-state index contributed by atoms with van der Waals surface area (Å²) >= 11 is 0. The maximum Gasteiger partial charge on any atom is 0.331 e. The van der Waals surface area contributed by atoms with Crippen LogP contribution in [0.25, 0.3) is 0 Å². The highest BCUT2D eigenvalue weighted by molar-refractivity contribution is 5.86. The molecule has 0 aromatic heterocycles. The number of rotatable bonds is 6. The number of halogens is 1. The number of likely N-dealkylation sites (N-methyl/N-ethyl adjacent to an activating group) is 1. The van der Waals surface area contributed by atoms with Crippen LogP contribution in [0.2, 0.25) is 0 Å². The summed E-state index contributed by atoms with van der Waals surface area (Å²) in [5.74, 6) is -0.836. The molecule has 0 amide bonds. The molecule has 0 saturated heterocycles. The first-order chi connectivity index (χ1) is 6.11. The van der Waals surface area contributed by atoms with E-state index < -0.39 is 5.97 Å². The molecule has 3 nitrogen and oxygen atoms in total. The average Bonchev–Trinajstić information content (AvgIpc) is 2.11. The minimum absolute atomic E-state index is 0. The molecular formula is C10H20ClNO2. The van der Waals surface area contributed by atoms with Gasteiger partial charge in [-0.2, -0.15) is 0 Å². The Labute approximate surface area is 92.0 Å². The van der Waals surface area contributed by atoms with Crippen LogP contribution in [0.15, 0.2) is 11.6 Å². The third-order valence-corrected chi connectivity index (χ3v) is 2.03. The fourth-order valence-corrected chi connectivity index (χ4v) is 1.11. The molecule has 0 aliphatic heterocycles. The second-order valence-corrected chi connectivity index (χ2v) is 3.19. The van der Waals surface area contributed by atoms with Crippen molar-refractivity contribution >= 4 is 18.4 Å². The first kappa shape index (κ1) is 15.9. The van der Waals surface area contributed by atoms with Gasteiger partial charge in [0.1, 0.15) is 0 Å². The van der Waals surface area contributed by atoms with Gasteiger partial charge in [0.05, 0.1) is 0 Å². The predicted molar refractivity (Wildman–Crippen MR) is 61.0 cm³/mol. The van der Waals surface area contributed by atoms with Crippen LogP contribution in [-0.2, 0) is 4.79 Å². The minimum atomic E-state index is -0.836. The topological polar surface area (TPSA) is 49.3 Å². The molecule has 0 spiro atoms. The van der Waals surface area contributed by atoms with Crippen LogP contribution >= 0.6 is 12.4 Å². The number of hydrogen-bond donors (Lipinski definition) is 2. The average molecular weight is 222 g/mol. The Morgan fingerprint density at radius 3 is 2.50 bits per heavy atom. The lowest BCUT2D eigenvalue weighted by atomic mass is 10.1. The normalized spacial score (nSPS) is 13.2. The Balaban J connectivity index is 0. The number of unbranched alkanes of at least 4 members (excludes halogenated alkanes) is 1. The van der Waals surface area contributed by atoms with Crippen LogP contribution in [-0.4, -0.2) is 24.2 Å². The third-order valence-electron chi connectivity index (χ3n) is 2.03. The van der Waals surface area contributed by atoms with E-state index in [1.807, 2.05) is 7.05 Å². The maximum atomic E-state index is 10.5. The molecule has 84 valence electrons. The summed E-state index contributed by atoms with van der Waals surface area (Å²) in [6.07, 6.45) is 5.03. The van der Waals surface area contributed by atoms with Crippen LogP contribution in [0.1, 0.15) is 33.1 Å². The van der Waals surface area contributed by atoms with Gasteiger partial charge in [-0.3, -0.25) is 0 Å². The van der Waals surface area contributed by atoms with Crippen LogP contribution in [0, 0.1) is 0 Å². The Kier molecular flexibility index (Phi) is 10.3. The van der Waals surface area contributed by atoms with Gasteiger partial charge in [-0.15, -0.1) is 12.4 Å². The predicted octanol–water partition coefficient (Wildman–Crippen LogP) is 2.22. The fourth-order valence-electron chi connectivity index (χ4n) is 1.11. The maximum absolute atomic E-state index is 10.5. The van der Waals surface area contributed by atoms with E-state index in [-0.39, 0.29) is 18.4 Å². The second-order valence-electron chi connectivity index (χ2n) is 3.19. The monoisotopic (exact) mass is 221 g/mol. The standard InChI is InChI=1S/C10H19NO2.ClH/c1-4-5-6-9(11-3)7-8(2)10(12)13;/h7,9,11H,4-6H2,1-3H3,(H,12,13);1H/t9-;/m0./s1. The molecule has 2 N–H and O–H groups in total. The molecule has 14 heavy (non-hydrogen) atoms. The summed E-state index contributed by atoms with van der Waals surface area (Å²) < 4.78 is 0. The van der Waals surface area contributed by atoms with Crippen molar-refractivity contribution in [1.82, 2.24) is 5.32 Å². The highest BCUT2D eigenvalue weighted by Crippen LogP contribution is 2.04. The van der Waals surface area contributed by atoms with E-state index in [1.54, 1.807) is 13.0 Å². The van der Waals surface area contributed by atoms with Gasteiger partial charge in [0.2, 0.25) is 0 Å². The number of hydrogen-bond acceptors (Lipinski definition) is 2. The van der Waals surface area contributed by atoms with Gasteiger partial charge >= 0.3 is 5.97 Å². The molecule has 4 heteroatoms. The Bertz CT molecular complexity index is 193. The van der Waals surface area contributed by atoms with E-state index in [0.717, 1.165) is 19.3 Å². The van der Waals surface area contributed by atoms with Crippen molar-refractivity contribution in [3.63, 3.8) is 0 Å². The molecule has 0 radical (unpaired) electrons. The summed E-state index contributed by atoms with van der Waals surface area (Å²) in [5, 5.41) is 11.7. The summed E-state index contributed by atoms with van der Waals surface area (Å²) in [5.41, 5.74) is 0.412. The number of aliphatic carboxylic acids is 1.